The largest absolute Gasteiger partial charge is 0.465 e. The maximum atomic E-state index is 11.0. The van der Waals surface area contributed by atoms with Gasteiger partial charge in [-0.2, -0.15) is 0 Å². The van der Waals surface area contributed by atoms with E-state index in [-0.39, 0.29) is 11.0 Å². The van der Waals surface area contributed by atoms with Crippen LogP contribution < -0.4 is 5.32 Å². The monoisotopic (exact) mass is 212 g/mol. The molecule has 2 rings (SSSR count). The maximum Gasteiger partial charge on any atom is 0.407 e. The molecular formula is C11H20N2O2. The quantitative estimate of drug-likeness (QED) is 0.637. The summed E-state index contributed by atoms with van der Waals surface area (Å²) in [4.78, 5) is 12.5. The fourth-order valence-corrected chi connectivity index (χ4v) is 3.00. The number of nitrogens with one attached hydrogen (secondary N) is 1. The minimum Gasteiger partial charge on any atom is -0.465 e. The van der Waals surface area contributed by atoms with Crippen LogP contribution in [0.1, 0.15) is 27.2 Å². The molecule has 2 aliphatic rings. The highest BCUT2D eigenvalue weighted by Crippen LogP contribution is 2.46. The Morgan fingerprint density at radius 1 is 1.53 bits per heavy atom. The van der Waals surface area contributed by atoms with Crippen molar-refractivity contribution in [3.8, 4) is 0 Å². The number of fused-ring (bicyclic) bond motifs is 1. The van der Waals surface area contributed by atoms with Gasteiger partial charge < -0.3 is 15.3 Å². The number of hydrogen-bond acceptors (Lipinski definition) is 2. The van der Waals surface area contributed by atoms with Gasteiger partial charge in [-0.1, -0.05) is 20.8 Å². The van der Waals surface area contributed by atoms with Crippen molar-refractivity contribution in [3.05, 3.63) is 0 Å². The fraction of sp³-hybridized carbons (Fsp3) is 0.909. The van der Waals surface area contributed by atoms with Gasteiger partial charge in [-0.25, -0.2) is 4.79 Å². The van der Waals surface area contributed by atoms with E-state index in [1.54, 1.807) is 4.90 Å². The molecule has 0 saturated carbocycles. The highest BCUT2D eigenvalue weighted by Gasteiger charge is 2.56. The third-order valence-electron chi connectivity index (χ3n) is 4.16. The molecule has 2 atom stereocenters. The number of likely N-dealkylation sites (tertiary alicyclic amines) is 1. The molecule has 2 heterocycles. The molecule has 1 amide bonds. The molecule has 0 aromatic heterocycles. The van der Waals surface area contributed by atoms with E-state index in [9.17, 15) is 4.79 Å². The van der Waals surface area contributed by atoms with Crippen molar-refractivity contribution in [2.45, 2.75) is 32.7 Å². The fourth-order valence-electron chi connectivity index (χ4n) is 3.00. The van der Waals surface area contributed by atoms with Gasteiger partial charge in [-0.05, 0) is 17.8 Å². The highest BCUT2D eigenvalue weighted by molar-refractivity contribution is 5.65. The Morgan fingerprint density at radius 3 is 2.60 bits per heavy atom. The molecule has 0 aromatic rings. The summed E-state index contributed by atoms with van der Waals surface area (Å²) in [5, 5.41) is 12.5. The second-order valence-corrected chi connectivity index (χ2v) is 5.79. The van der Waals surface area contributed by atoms with E-state index in [1.165, 1.54) is 0 Å². The van der Waals surface area contributed by atoms with Gasteiger partial charge in [0, 0.05) is 25.2 Å². The molecule has 0 aliphatic carbocycles. The molecule has 2 saturated heterocycles. The Balaban J connectivity index is 2.19. The summed E-state index contributed by atoms with van der Waals surface area (Å²) < 4.78 is 0. The lowest BCUT2D eigenvalue weighted by atomic mass is 9.58. The van der Waals surface area contributed by atoms with Gasteiger partial charge in [-0.3, -0.25) is 0 Å². The Kier molecular flexibility index (Phi) is 2.23. The molecule has 0 radical (unpaired) electrons. The topological polar surface area (TPSA) is 52.6 Å². The SMILES string of the molecule is CC(C)(C)C12CN(C(=O)O)CCC1CN2. The Bertz CT molecular complexity index is 285. The molecule has 2 N–H and O–H groups in total. The van der Waals surface area contributed by atoms with Crippen molar-refractivity contribution in [2.24, 2.45) is 11.3 Å². The lowest BCUT2D eigenvalue weighted by molar-refractivity contribution is -0.0636. The number of nitrogens with zero attached hydrogens (tertiary/aromatic N) is 1. The molecular weight excluding hydrogens is 192 g/mol. The lowest BCUT2D eigenvalue weighted by Crippen LogP contribution is -2.77. The first-order valence-electron chi connectivity index (χ1n) is 5.60. The number of carboxylic acid groups (broad SMARTS) is 1. The summed E-state index contributed by atoms with van der Waals surface area (Å²) >= 11 is 0. The normalized spacial score (nSPS) is 35.7. The number of carbonyl (C=O) groups is 1. The van der Waals surface area contributed by atoms with Gasteiger partial charge in [0.25, 0.3) is 0 Å². The van der Waals surface area contributed by atoms with E-state index in [1.807, 2.05) is 0 Å². The summed E-state index contributed by atoms with van der Waals surface area (Å²) in [5.41, 5.74) is 0.119. The summed E-state index contributed by atoms with van der Waals surface area (Å²) in [6.45, 7) is 8.95. The van der Waals surface area contributed by atoms with Crippen LogP contribution in [0.3, 0.4) is 0 Å². The van der Waals surface area contributed by atoms with Crippen LogP contribution in [0, 0.1) is 11.3 Å². The molecule has 2 aliphatic heterocycles. The standard InChI is InChI=1S/C11H20N2O2/c1-10(2,3)11-7-13(9(14)15)5-4-8(11)6-12-11/h8,12H,4-7H2,1-3H3,(H,14,15). The third-order valence-corrected chi connectivity index (χ3v) is 4.16. The van der Waals surface area contributed by atoms with Gasteiger partial charge in [0.2, 0.25) is 0 Å². The van der Waals surface area contributed by atoms with Gasteiger partial charge in [0.15, 0.2) is 0 Å². The van der Waals surface area contributed by atoms with Crippen LogP contribution in [0.2, 0.25) is 0 Å². The average Bonchev–Trinajstić information content (AvgIpc) is 2.04. The second-order valence-electron chi connectivity index (χ2n) is 5.79. The van der Waals surface area contributed by atoms with Crippen molar-refractivity contribution in [1.82, 2.24) is 10.2 Å². The van der Waals surface area contributed by atoms with E-state index in [0.29, 0.717) is 19.0 Å². The Labute approximate surface area is 90.6 Å². The first-order chi connectivity index (χ1) is 6.87. The minimum atomic E-state index is -0.786. The van der Waals surface area contributed by atoms with E-state index in [0.717, 1.165) is 13.0 Å². The molecule has 0 aromatic carbocycles. The molecule has 2 unspecified atom stereocenters. The predicted molar refractivity (Wildman–Crippen MR) is 57.9 cm³/mol. The summed E-state index contributed by atoms with van der Waals surface area (Å²) in [5.74, 6) is 0.646. The number of hydrogen-bond donors (Lipinski definition) is 2. The first kappa shape index (κ1) is 10.7. The zero-order valence-corrected chi connectivity index (χ0v) is 9.71. The van der Waals surface area contributed by atoms with Gasteiger partial charge in [0.1, 0.15) is 0 Å². The van der Waals surface area contributed by atoms with Crippen LogP contribution in [0.15, 0.2) is 0 Å². The molecule has 86 valence electrons. The molecule has 2 fully saturated rings. The Morgan fingerprint density at radius 2 is 2.20 bits per heavy atom. The van der Waals surface area contributed by atoms with Crippen molar-refractivity contribution >= 4 is 6.09 Å². The number of piperidine rings is 1. The van der Waals surface area contributed by atoms with Crippen LogP contribution in [0.25, 0.3) is 0 Å². The number of amides is 1. The lowest BCUT2D eigenvalue weighted by Gasteiger charge is -2.62. The average molecular weight is 212 g/mol. The van der Waals surface area contributed by atoms with Gasteiger partial charge >= 0.3 is 6.09 Å². The van der Waals surface area contributed by atoms with Crippen LogP contribution in [0.5, 0.6) is 0 Å². The maximum absolute atomic E-state index is 11.0. The van der Waals surface area contributed by atoms with E-state index in [4.69, 9.17) is 5.11 Å². The minimum absolute atomic E-state index is 0.00361. The van der Waals surface area contributed by atoms with E-state index >= 15 is 0 Å². The molecule has 15 heavy (non-hydrogen) atoms. The van der Waals surface area contributed by atoms with Crippen LogP contribution in [-0.2, 0) is 0 Å². The zero-order chi connectivity index (χ0) is 11.3. The summed E-state index contributed by atoms with van der Waals surface area (Å²) in [7, 11) is 0. The van der Waals surface area contributed by atoms with Crippen LogP contribution in [-0.4, -0.2) is 41.3 Å². The van der Waals surface area contributed by atoms with Crippen LogP contribution in [0.4, 0.5) is 4.79 Å². The van der Waals surface area contributed by atoms with Crippen LogP contribution >= 0.6 is 0 Å². The van der Waals surface area contributed by atoms with Crippen molar-refractivity contribution < 1.29 is 9.90 Å². The highest BCUT2D eigenvalue weighted by atomic mass is 16.4. The van der Waals surface area contributed by atoms with E-state index in [2.05, 4.69) is 26.1 Å². The zero-order valence-electron chi connectivity index (χ0n) is 9.71. The van der Waals surface area contributed by atoms with Crippen molar-refractivity contribution in [2.75, 3.05) is 19.6 Å². The summed E-state index contributed by atoms with van der Waals surface area (Å²) in [6.07, 6.45) is 0.210. The first-order valence-corrected chi connectivity index (χ1v) is 5.60. The van der Waals surface area contributed by atoms with Crippen molar-refractivity contribution in [3.63, 3.8) is 0 Å². The Hall–Kier alpha value is -0.770. The molecule has 4 nitrogen and oxygen atoms in total. The smallest absolute Gasteiger partial charge is 0.407 e. The predicted octanol–water partition coefficient (Wildman–Crippen LogP) is 1.37. The van der Waals surface area contributed by atoms with Crippen molar-refractivity contribution in [1.29, 1.82) is 0 Å². The second kappa shape index (κ2) is 3.11. The molecule has 0 bridgehead atoms. The number of rotatable bonds is 0. The molecule has 4 heteroatoms. The van der Waals surface area contributed by atoms with E-state index < -0.39 is 6.09 Å². The van der Waals surface area contributed by atoms with Gasteiger partial charge in [0.05, 0.1) is 0 Å². The van der Waals surface area contributed by atoms with Gasteiger partial charge in [-0.15, -0.1) is 0 Å². The molecule has 0 spiro atoms. The third kappa shape index (κ3) is 1.42. The summed E-state index contributed by atoms with van der Waals surface area (Å²) in [6, 6.07) is 0.